The molecule has 0 N–H and O–H groups in total. The Morgan fingerprint density at radius 2 is 1.86 bits per heavy atom. The summed E-state index contributed by atoms with van der Waals surface area (Å²) < 4.78 is 6.85. The molecule has 0 spiro atoms. The zero-order chi connectivity index (χ0) is 24.4. The zero-order valence-corrected chi connectivity index (χ0v) is 19.5. The Balaban J connectivity index is 1.65. The van der Waals surface area contributed by atoms with Gasteiger partial charge in [-0.3, -0.25) is 24.6 Å². The van der Waals surface area contributed by atoms with Gasteiger partial charge in [-0.25, -0.2) is 4.98 Å². The van der Waals surface area contributed by atoms with Crippen LogP contribution in [0.1, 0.15) is 38.9 Å². The fourth-order valence-electron chi connectivity index (χ4n) is 4.70. The minimum absolute atomic E-state index is 0.0719. The first-order valence-corrected chi connectivity index (χ1v) is 11.7. The van der Waals surface area contributed by atoms with Gasteiger partial charge in [0.25, 0.3) is 11.6 Å². The van der Waals surface area contributed by atoms with Crippen molar-refractivity contribution in [2.45, 2.75) is 19.9 Å². The molecule has 8 nitrogen and oxygen atoms in total. The summed E-state index contributed by atoms with van der Waals surface area (Å²) in [4.78, 5) is 44.5. The monoisotopic (exact) mass is 483 g/mol. The van der Waals surface area contributed by atoms with Gasteiger partial charge in [-0.2, -0.15) is 0 Å². The number of nitrogens with zero attached hydrogens (tertiary/aromatic N) is 3. The molecule has 1 aliphatic rings. The lowest BCUT2D eigenvalue weighted by Crippen LogP contribution is -2.29. The number of nitro benzene ring substituents is 1. The molecule has 0 saturated carbocycles. The lowest BCUT2D eigenvalue weighted by Gasteiger charge is -2.22. The molecule has 0 bridgehead atoms. The predicted octanol–water partition coefficient (Wildman–Crippen LogP) is 5.68. The van der Waals surface area contributed by atoms with E-state index in [9.17, 15) is 19.7 Å². The molecule has 3 heterocycles. The van der Waals surface area contributed by atoms with Crippen LogP contribution in [0.15, 0.2) is 69.9 Å². The number of nitro groups is 1. The second-order valence-corrected chi connectivity index (χ2v) is 9.53. The van der Waals surface area contributed by atoms with Gasteiger partial charge in [0.15, 0.2) is 10.6 Å². The van der Waals surface area contributed by atoms with Crippen LogP contribution >= 0.6 is 11.3 Å². The second-order valence-electron chi connectivity index (χ2n) is 8.52. The summed E-state index contributed by atoms with van der Waals surface area (Å²) in [6, 6.07) is 15.8. The molecule has 1 aliphatic heterocycles. The van der Waals surface area contributed by atoms with Crippen molar-refractivity contribution in [3.63, 3.8) is 0 Å². The van der Waals surface area contributed by atoms with Crippen LogP contribution in [-0.2, 0) is 0 Å². The number of aryl methyl sites for hydroxylation is 2. The van der Waals surface area contributed by atoms with E-state index in [0.717, 1.165) is 21.3 Å². The molecule has 0 saturated heterocycles. The molecule has 5 aromatic rings. The summed E-state index contributed by atoms with van der Waals surface area (Å²) >= 11 is 1.33. The number of rotatable bonds is 3. The van der Waals surface area contributed by atoms with Crippen molar-refractivity contribution >= 4 is 49.2 Å². The highest BCUT2D eigenvalue weighted by Crippen LogP contribution is 2.44. The third kappa shape index (κ3) is 3.16. The first-order valence-electron chi connectivity index (χ1n) is 10.8. The maximum atomic E-state index is 13.8. The van der Waals surface area contributed by atoms with E-state index < -0.39 is 16.9 Å². The molecule has 0 radical (unpaired) electrons. The van der Waals surface area contributed by atoms with Crippen LogP contribution < -0.4 is 10.3 Å². The van der Waals surface area contributed by atoms with Gasteiger partial charge in [0.05, 0.1) is 32.1 Å². The number of amides is 1. The van der Waals surface area contributed by atoms with Crippen LogP contribution in [0.5, 0.6) is 0 Å². The van der Waals surface area contributed by atoms with Gasteiger partial charge < -0.3 is 4.42 Å². The molecule has 1 unspecified atom stereocenters. The standard InChI is InChI=1S/C26H17N3O5S/c1-13-10-14(2)21-19(11-13)35-26(27-21)28-22(15-6-5-7-16(12-15)29(32)33)20-23(30)17-8-3-4-9-18(17)34-24(20)25(28)31/h3-12,22H,1-2H3. The highest BCUT2D eigenvalue weighted by atomic mass is 32.1. The van der Waals surface area contributed by atoms with Gasteiger partial charge in [0.2, 0.25) is 5.76 Å². The van der Waals surface area contributed by atoms with Crippen molar-refractivity contribution in [2.75, 3.05) is 4.90 Å². The largest absolute Gasteiger partial charge is 0.450 e. The van der Waals surface area contributed by atoms with E-state index in [2.05, 4.69) is 0 Å². The number of para-hydroxylation sites is 1. The maximum absolute atomic E-state index is 13.8. The van der Waals surface area contributed by atoms with E-state index in [1.807, 2.05) is 26.0 Å². The summed E-state index contributed by atoms with van der Waals surface area (Å²) in [5.41, 5.74) is 3.22. The van der Waals surface area contributed by atoms with Gasteiger partial charge in [0.1, 0.15) is 5.58 Å². The average molecular weight is 484 g/mol. The first-order chi connectivity index (χ1) is 16.8. The van der Waals surface area contributed by atoms with E-state index >= 15 is 0 Å². The van der Waals surface area contributed by atoms with Crippen LogP contribution in [-0.4, -0.2) is 15.8 Å². The van der Waals surface area contributed by atoms with Crippen LogP contribution in [0.2, 0.25) is 0 Å². The normalized spacial score (nSPS) is 15.2. The highest BCUT2D eigenvalue weighted by Gasteiger charge is 2.45. The lowest BCUT2D eigenvalue weighted by atomic mass is 9.98. The first kappa shape index (κ1) is 21.2. The van der Waals surface area contributed by atoms with Gasteiger partial charge in [-0.15, -0.1) is 0 Å². The number of fused-ring (bicyclic) bond motifs is 3. The predicted molar refractivity (Wildman–Crippen MR) is 133 cm³/mol. The number of carbonyl (C=O) groups excluding carboxylic acids is 1. The minimum Gasteiger partial charge on any atom is -0.450 e. The summed E-state index contributed by atoms with van der Waals surface area (Å²) in [5, 5.41) is 12.2. The summed E-state index contributed by atoms with van der Waals surface area (Å²) in [6.07, 6.45) is 0. The molecule has 2 aromatic heterocycles. The fourth-order valence-corrected chi connectivity index (χ4v) is 5.87. The summed E-state index contributed by atoms with van der Waals surface area (Å²) in [7, 11) is 0. The molecule has 6 rings (SSSR count). The zero-order valence-electron chi connectivity index (χ0n) is 18.6. The Hall–Kier alpha value is -4.37. The maximum Gasteiger partial charge on any atom is 0.297 e. The fraction of sp³-hybridized carbons (Fsp3) is 0.115. The Bertz CT molecular complexity index is 1770. The highest BCUT2D eigenvalue weighted by molar-refractivity contribution is 7.22. The molecule has 35 heavy (non-hydrogen) atoms. The number of anilines is 1. The van der Waals surface area contributed by atoms with Gasteiger partial charge in [0, 0.05) is 12.1 Å². The second kappa shape index (κ2) is 7.57. The van der Waals surface area contributed by atoms with Crippen LogP contribution in [0, 0.1) is 24.0 Å². The van der Waals surface area contributed by atoms with Gasteiger partial charge in [-0.05, 0) is 48.7 Å². The van der Waals surface area contributed by atoms with Gasteiger partial charge in [-0.1, -0.05) is 41.7 Å². The van der Waals surface area contributed by atoms with E-state index in [-0.39, 0.29) is 22.4 Å². The lowest BCUT2D eigenvalue weighted by molar-refractivity contribution is -0.384. The van der Waals surface area contributed by atoms with Crippen molar-refractivity contribution < 1.29 is 14.1 Å². The van der Waals surface area contributed by atoms with Crippen LogP contribution in [0.4, 0.5) is 10.8 Å². The molecule has 1 atom stereocenters. The Morgan fingerprint density at radius 1 is 1.06 bits per heavy atom. The van der Waals surface area contributed by atoms with E-state index in [4.69, 9.17) is 9.40 Å². The summed E-state index contributed by atoms with van der Waals surface area (Å²) in [6.45, 7) is 3.94. The Kier molecular flexibility index (Phi) is 4.58. The topological polar surface area (TPSA) is 107 Å². The molecule has 0 fully saturated rings. The number of carbonyl (C=O) groups is 1. The van der Waals surface area contributed by atoms with Crippen molar-refractivity contribution in [1.29, 1.82) is 0 Å². The Labute approximate surface area is 202 Å². The molecular weight excluding hydrogens is 466 g/mol. The van der Waals surface area contributed by atoms with Crippen molar-refractivity contribution in [3.8, 4) is 0 Å². The quantitative estimate of drug-likeness (QED) is 0.241. The smallest absolute Gasteiger partial charge is 0.297 e. The molecule has 9 heteroatoms. The average Bonchev–Trinajstić information content (AvgIpc) is 3.38. The van der Waals surface area contributed by atoms with E-state index in [0.29, 0.717) is 21.7 Å². The van der Waals surface area contributed by atoms with E-state index in [1.165, 1.54) is 28.4 Å². The van der Waals surface area contributed by atoms with Crippen molar-refractivity contribution in [1.82, 2.24) is 4.98 Å². The van der Waals surface area contributed by atoms with Crippen LogP contribution in [0.25, 0.3) is 21.2 Å². The Morgan fingerprint density at radius 3 is 2.66 bits per heavy atom. The molecule has 1 amide bonds. The molecule has 0 aliphatic carbocycles. The number of non-ortho nitro benzene ring substituents is 1. The molecule has 172 valence electrons. The SMILES string of the molecule is Cc1cc(C)c2nc(N3C(=O)c4oc5ccccc5c(=O)c4C3c3cccc([N+](=O)[O-])c3)sc2c1. The van der Waals surface area contributed by atoms with E-state index in [1.54, 1.807) is 36.4 Å². The third-order valence-corrected chi connectivity index (χ3v) is 7.20. The molecule has 3 aromatic carbocycles. The van der Waals surface area contributed by atoms with Crippen molar-refractivity contribution in [2.24, 2.45) is 0 Å². The molecular formula is C26H17N3O5S. The number of aromatic nitrogens is 1. The number of thiazole rings is 1. The number of benzene rings is 3. The minimum atomic E-state index is -0.916. The number of hydrogen-bond acceptors (Lipinski definition) is 7. The van der Waals surface area contributed by atoms with Gasteiger partial charge >= 0.3 is 0 Å². The number of hydrogen-bond donors (Lipinski definition) is 0. The third-order valence-electron chi connectivity index (χ3n) is 6.20. The summed E-state index contributed by atoms with van der Waals surface area (Å²) in [5.74, 6) is -0.579. The van der Waals surface area contributed by atoms with Crippen molar-refractivity contribution in [3.05, 3.63) is 109 Å². The van der Waals surface area contributed by atoms with Crippen LogP contribution in [0.3, 0.4) is 0 Å².